The largest absolute Gasteiger partial charge is 0.455 e. The summed E-state index contributed by atoms with van der Waals surface area (Å²) in [6.07, 6.45) is 0. The van der Waals surface area contributed by atoms with Gasteiger partial charge in [-0.15, -0.1) is 0 Å². The Hall–Kier alpha value is -5.14. The van der Waals surface area contributed by atoms with Crippen LogP contribution in [0.15, 0.2) is 138 Å². The highest BCUT2D eigenvalue weighted by molar-refractivity contribution is 6.20. The summed E-state index contributed by atoms with van der Waals surface area (Å²) in [6, 6.07) is 48.3. The van der Waals surface area contributed by atoms with Crippen molar-refractivity contribution in [3.63, 3.8) is 0 Å². The van der Waals surface area contributed by atoms with E-state index in [0.29, 0.717) is 0 Å². The zero-order valence-corrected chi connectivity index (χ0v) is 21.1. The zero-order valence-electron chi connectivity index (χ0n) is 21.1. The summed E-state index contributed by atoms with van der Waals surface area (Å²) in [7, 11) is 0. The molecule has 1 aliphatic rings. The van der Waals surface area contributed by atoms with Crippen molar-refractivity contribution in [2.24, 2.45) is 0 Å². The van der Waals surface area contributed by atoms with Gasteiger partial charge in [-0.3, -0.25) is 0 Å². The lowest BCUT2D eigenvalue weighted by Crippen LogP contribution is -1.85. The van der Waals surface area contributed by atoms with Crippen molar-refractivity contribution in [1.82, 2.24) is 0 Å². The van der Waals surface area contributed by atoms with E-state index in [9.17, 15) is 0 Å². The fourth-order valence-corrected chi connectivity index (χ4v) is 6.71. The van der Waals surface area contributed by atoms with E-state index in [1.54, 1.807) is 0 Å². The van der Waals surface area contributed by atoms with Gasteiger partial charge in [-0.1, -0.05) is 115 Å². The highest BCUT2D eigenvalue weighted by atomic mass is 16.3. The molecule has 8 aromatic rings. The monoisotopic (exact) mass is 494 g/mol. The second-order valence-electron chi connectivity index (χ2n) is 10.5. The van der Waals surface area contributed by atoms with Gasteiger partial charge in [0.05, 0.1) is 0 Å². The molecule has 1 nitrogen and oxygen atoms in total. The molecule has 7 aromatic carbocycles. The molecule has 0 saturated carbocycles. The first-order valence-electron chi connectivity index (χ1n) is 13.4. The number of furan rings is 1. The van der Waals surface area contributed by atoms with Crippen molar-refractivity contribution < 1.29 is 4.42 Å². The minimum absolute atomic E-state index is 0.923. The minimum atomic E-state index is 0.923. The molecule has 39 heavy (non-hydrogen) atoms. The summed E-state index contributed by atoms with van der Waals surface area (Å²) in [5.74, 6) is 0. The van der Waals surface area contributed by atoms with Gasteiger partial charge in [0.1, 0.15) is 11.2 Å². The highest BCUT2D eigenvalue weighted by Crippen LogP contribution is 2.49. The Morgan fingerprint density at radius 2 is 1.00 bits per heavy atom. The van der Waals surface area contributed by atoms with Gasteiger partial charge in [-0.05, 0) is 78.9 Å². The van der Waals surface area contributed by atoms with Gasteiger partial charge in [-0.2, -0.15) is 0 Å². The van der Waals surface area contributed by atoms with Gasteiger partial charge in [0.2, 0.25) is 0 Å². The Morgan fingerprint density at radius 1 is 0.359 bits per heavy atom. The average Bonchev–Trinajstić information content (AvgIpc) is 3.55. The van der Waals surface area contributed by atoms with Crippen molar-refractivity contribution in [2.45, 2.75) is 0 Å². The average molecular weight is 495 g/mol. The summed E-state index contributed by atoms with van der Waals surface area (Å²) < 4.78 is 6.46. The topological polar surface area (TPSA) is 13.1 Å². The molecular formula is C38H22O. The van der Waals surface area contributed by atoms with Crippen molar-refractivity contribution >= 4 is 43.5 Å². The van der Waals surface area contributed by atoms with Gasteiger partial charge in [0, 0.05) is 16.2 Å². The Bertz CT molecular complexity index is 2250. The lowest BCUT2D eigenvalue weighted by atomic mass is 9.91. The Balaban J connectivity index is 1.27. The van der Waals surface area contributed by atoms with Crippen LogP contribution >= 0.6 is 0 Å². The van der Waals surface area contributed by atoms with Crippen molar-refractivity contribution in [2.75, 3.05) is 0 Å². The third kappa shape index (κ3) is 2.85. The van der Waals surface area contributed by atoms with E-state index in [0.717, 1.165) is 21.9 Å². The molecule has 0 unspecified atom stereocenters. The quantitative estimate of drug-likeness (QED) is 0.233. The molecule has 0 aliphatic heterocycles. The molecule has 0 amide bonds. The first kappa shape index (κ1) is 20.9. The van der Waals surface area contributed by atoms with E-state index in [1.165, 1.54) is 66.1 Å². The van der Waals surface area contributed by atoms with Gasteiger partial charge >= 0.3 is 0 Å². The summed E-state index contributed by atoms with van der Waals surface area (Å²) in [5, 5.41) is 7.34. The second kappa shape index (κ2) is 7.69. The lowest BCUT2D eigenvalue weighted by molar-refractivity contribution is 0.673. The van der Waals surface area contributed by atoms with E-state index < -0.39 is 0 Å². The molecule has 1 heteroatoms. The van der Waals surface area contributed by atoms with E-state index >= 15 is 0 Å². The van der Waals surface area contributed by atoms with Crippen LogP contribution in [0.5, 0.6) is 0 Å². The number of hydrogen-bond donors (Lipinski definition) is 0. The van der Waals surface area contributed by atoms with Gasteiger partial charge in [0.25, 0.3) is 0 Å². The van der Waals surface area contributed by atoms with E-state index in [1.807, 2.05) is 0 Å². The van der Waals surface area contributed by atoms with Crippen LogP contribution in [0.2, 0.25) is 0 Å². The highest BCUT2D eigenvalue weighted by Gasteiger charge is 2.22. The standard InChI is InChI=1S/C38H22O/c1-2-11-28-23(8-1)18-19-34-37-27(14-7-17-35(37)39-38(28)34)25-10-5-9-24(22-25)26-20-21-33-30-13-4-3-12-29(30)32-16-6-15-31(26)36(32)33/h1-22H. The van der Waals surface area contributed by atoms with Crippen LogP contribution in [0.3, 0.4) is 0 Å². The first-order chi connectivity index (χ1) is 19.3. The van der Waals surface area contributed by atoms with Gasteiger partial charge in [-0.25, -0.2) is 0 Å². The van der Waals surface area contributed by atoms with E-state index in [-0.39, 0.29) is 0 Å². The van der Waals surface area contributed by atoms with Crippen LogP contribution in [0.4, 0.5) is 0 Å². The first-order valence-corrected chi connectivity index (χ1v) is 13.4. The van der Waals surface area contributed by atoms with Crippen molar-refractivity contribution in [3.8, 4) is 44.5 Å². The zero-order chi connectivity index (χ0) is 25.5. The summed E-state index contributed by atoms with van der Waals surface area (Å²) >= 11 is 0. The molecular weight excluding hydrogens is 472 g/mol. The number of rotatable bonds is 2. The predicted molar refractivity (Wildman–Crippen MR) is 164 cm³/mol. The maximum absolute atomic E-state index is 6.46. The van der Waals surface area contributed by atoms with Gasteiger partial charge in [0.15, 0.2) is 0 Å². The third-order valence-corrected chi connectivity index (χ3v) is 8.42. The second-order valence-corrected chi connectivity index (χ2v) is 10.5. The Kier molecular flexibility index (Phi) is 4.11. The Labute approximate surface area is 225 Å². The summed E-state index contributed by atoms with van der Waals surface area (Å²) in [6.45, 7) is 0. The van der Waals surface area contributed by atoms with Crippen LogP contribution in [-0.4, -0.2) is 0 Å². The predicted octanol–water partition coefficient (Wildman–Crippen LogP) is 10.9. The molecule has 0 spiro atoms. The molecule has 0 N–H and O–H groups in total. The molecule has 1 heterocycles. The molecule has 0 atom stereocenters. The van der Waals surface area contributed by atoms with Gasteiger partial charge < -0.3 is 4.42 Å². The molecule has 1 aromatic heterocycles. The van der Waals surface area contributed by atoms with E-state index in [2.05, 4.69) is 133 Å². The normalized spacial score (nSPS) is 12.1. The van der Waals surface area contributed by atoms with Crippen molar-refractivity contribution in [1.29, 1.82) is 0 Å². The number of benzene rings is 7. The molecule has 1 aliphatic carbocycles. The van der Waals surface area contributed by atoms with Crippen molar-refractivity contribution in [3.05, 3.63) is 133 Å². The Morgan fingerprint density at radius 3 is 1.90 bits per heavy atom. The fourth-order valence-electron chi connectivity index (χ4n) is 6.71. The van der Waals surface area contributed by atoms with Crippen LogP contribution in [0.25, 0.3) is 88.0 Å². The maximum Gasteiger partial charge on any atom is 0.143 e. The smallest absolute Gasteiger partial charge is 0.143 e. The minimum Gasteiger partial charge on any atom is -0.455 e. The molecule has 0 bridgehead atoms. The van der Waals surface area contributed by atoms with Crippen LogP contribution in [0.1, 0.15) is 0 Å². The lowest BCUT2D eigenvalue weighted by Gasteiger charge is -2.12. The SMILES string of the molecule is c1cc(-c2ccc3c4c(cccc24)-c2ccccc2-3)cc(-c2cccc3oc4c5ccccc5ccc4c23)c1. The molecule has 9 rings (SSSR count). The number of hydrogen-bond acceptors (Lipinski definition) is 1. The van der Waals surface area contributed by atoms with Crippen LogP contribution < -0.4 is 0 Å². The summed E-state index contributed by atoms with van der Waals surface area (Å²) in [5.41, 5.74) is 12.1. The molecule has 0 radical (unpaired) electrons. The third-order valence-electron chi connectivity index (χ3n) is 8.42. The molecule has 0 fully saturated rings. The molecule has 180 valence electrons. The van der Waals surface area contributed by atoms with Crippen LogP contribution in [-0.2, 0) is 0 Å². The fraction of sp³-hybridized carbons (Fsp3) is 0. The maximum atomic E-state index is 6.46. The molecule has 0 saturated heterocycles. The van der Waals surface area contributed by atoms with E-state index in [4.69, 9.17) is 4.42 Å². The summed E-state index contributed by atoms with van der Waals surface area (Å²) in [4.78, 5) is 0. The number of fused-ring (bicyclic) bond motifs is 8. The van der Waals surface area contributed by atoms with Crippen LogP contribution in [0, 0.1) is 0 Å².